The van der Waals surface area contributed by atoms with Gasteiger partial charge in [0.1, 0.15) is 4.64 Å². The molecule has 2 aliphatic rings. The summed E-state index contributed by atoms with van der Waals surface area (Å²) in [5, 5.41) is 3.20. The predicted molar refractivity (Wildman–Crippen MR) is 95.3 cm³/mol. The van der Waals surface area contributed by atoms with Gasteiger partial charge in [-0.05, 0) is 37.8 Å². The monoisotopic (exact) mass is 347 g/mol. The van der Waals surface area contributed by atoms with Crippen LogP contribution in [0, 0.1) is 10.6 Å². The second kappa shape index (κ2) is 7.92. The number of piperidine rings is 1. The molecular weight excluding hydrogens is 322 g/mol. The van der Waals surface area contributed by atoms with E-state index in [9.17, 15) is 9.59 Å². The molecule has 2 amide bonds. The Morgan fingerprint density at radius 3 is 2.71 bits per heavy atom. The van der Waals surface area contributed by atoms with Crippen molar-refractivity contribution in [1.82, 2.24) is 15.2 Å². The average Bonchev–Trinajstić information content (AvgIpc) is 2.62. The third-order valence-electron chi connectivity index (χ3n) is 5.08. The molecule has 0 bridgehead atoms. The van der Waals surface area contributed by atoms with Crippen LogP contribution in [0.25, 0.3) is 0 Å². The lowest BCUT2D eigenvalue weighted by Crippen LogP contribution is -2.48. The van der Waals surface area contributed by atoms with E-state index in [-0.39, 0.29) is 17.7 Å². The molecule has 0 radical (unpaired) electrons. The zero-order valence-electron chi connectivity index (χ0n) is 13.9. The number of aromatic amines is 1. The first kappa shape index (κ1) is 17.1. The molecule has 2 heterocycles. The van der Waals surface area contributed by atoms with Gasteiger partial charge in [0, 0.05) is 25.3 Å². The summed E-state index contributed by atoms with van der Waals surface area (Å²) < 4.78 is 0.455. The zero-order chi connectivity index (χ0) is 16.9. The fraction of sp³-hybridized carbons (Fsp3) is 0.611. The van der Waals surface area contributed by atoms with Crippen LogP contribution in [0.2, 0.25) is 0 Å². The van der Waals surface area contributed by atoms with Gasteiger partial charge < -0.3 is 15.2 Å². The van der Waals surface area contributed by atoms with Crippen molar-refractivity contribution in [1.29, 1.82) is 0 Å². The molecule has 5 nitrogen and oxygen atoms in total. The van der Waals surface area contributed by atoms with Gasteiger partial charge in [-0.15, -0.1) is 0 Å². The molecule has 1 aliphatic carbocycles. The average molecular weight is 347 g/mol. The molecule has 1 aromatic heterocycles. The van der Waals surface area contributed by atoms with Gasteiger partial charge in [0.25, 0.3) is 5.91 Å². The first-order valence-corrected chi connectivity index (χ1v) is 9.33. The first-order valence-electron chi connectivity index (χ1n) is 8.92. The van der Waals surface area contributed by atoms with Gasteiger partial charge in [-0.2, -0.15) is 0 Å². The Morgan fingerprint density at radius 2 is 1.96 bits per heavy atom. The van der Waals surface area contributed by atoms with E-state index >= 15 is 0 Å². The van der Waals surface area contributed by atoms with Crippen molar-refractivity contribution in [2.24, 2.45) is 5.92 Å². The van der Waals surface area contributed by atoms with Crippen LogP contribution in [-0.2, 0) is 4.79 Å². The number of aromatic nitrogens is 1. The summed E-state index contributed by atoms with van der Waals surface area (Å²) in [6.07, 6.45) is 9.27. The fourth-order valence-corrected chi connectivity index (χ4v) is 3.93. The van der Waals surface area contributed by atoms with E-state index in [1.807, 2.05) is 0 Å². The van der Waals surface area contributed by atoms with Crippen LogP contribution >= 0.6 is 12.2 Å². The van der Waals surface area contributed by atoms with Crippen molar-refractivity contribution >= 4 is 24.0 Å². The molecule has 6 heteroatoms. The number of hydrogen-bond donors (Lipinski definition) is 2. The number of H-pyrrole nitrogens is 1. The van der Waals surface area contributed by atoms with E-state index in [0.29, 0.717) is 29.3 Å². The van der Waals surface area contributed by atoms with E-state index in [1.54, 1.807) is 23.2 Å². The second-order valence-corrected chi connectivity index (χ2v) is 7.26. The molecule has 2 fully saturated rings. The first-order chi connectivity index (χ1) is 11.6. The van der Waals surface area contributed by atoms with Gasteiger partial charge in [0.15, 0.2) is 0 Å². The lowest BCUT2D eigenvalue weighted by Gasteiger charge is -2.33. The Bertz CT molecular complexity index is 652. The summed E-state index contributed by atoms with van der Waals surface area (Å²) in [4.78, 5) is 29.9. The predicted octanol–water partition coefficient (Wildman–Crippen LogP) is 3.05. The van der Waals surface area contributed by atoms with Crippen LogP contribution in [0.4, 0.5) is 0 Å². The van der Waals surface area contributed by atoms with Gasteiger partial charge in [-0.1, -0.05) is 31.5 Å². The second-order valence-electron chi connectivity index (χ2n) is 6.85. The summed E-state index contributed by atoms with van der Waals surface area (Å²) >= 11 is 5.20. The van der Waals surface area contributed by atoms with E-state index in [1.165, 1.54) is 19.3 Å². The highest BCUT2D eigenvalue weighted by Gasteiger charge is 2.30. The van der Waals surface area contributed by atoms with Crippen LogP contribution < -0.4 is 5.32 Å². The van der Waals surface area contributed by atoms with Crippen LogP contribution in [0.5, 0.6) is 0 Å². The van der Waals surface area contributed by atoms with Crippen LogP contribution in [0.3, 0.4) is 0 Å². The normalized spacial score (nSPS) is 22.2. The van der Waals surface area contributed by atoms with E-state index in [2.05, 4.69) is 10.3 Å². The molecule has 1 atom stereocenters. The van der Waals surface area contributed by atoms with Gasteiger partial charge in [0.2, 0.25) is 5.91 Å². The maximum Gasteiger partial charge on any atom is 0.256 e. The molecule has 1 saturated carbocycles. The standard InChI is InChI=1S/C18H25N3O2S/c22-16(20-14-7-2-1-3-8-14)13-6-5-11-21(12-13)18(23)15-9-4-10-19-17(15)24/h4,9-10,13-14H,1-3,5-8,11-12H2,(H,19,24)(H,20,22)/t13-/m1/s1. The lowest BCUT2D eigenvalue weighted by atomic mass is 9.93. The van der Waals surface area contributed by atoms with Crippen LogP contribution in [0.1, 0.15) is 55.3 Å². The van der Waals surface area contributed by atoms with Gasteiger partial charge in [-0.25, -0.2) is 0 Å². The Hall–Kier alpha value is -1.69. The molecule has 24 heavy (non-hydrogen) atoms. The lowest BCUT2D eigenvalue weighted by molar-refractivity contribution is -0.127. The molecule has 3 rings (SSSR count). The van der Waals surface area contributed by atoms with Crippen molar-refractivity contribution in [2.45, 2.75) is 51.0 Å². The van der Waals surface area contributed by atoms with Crippen molar-refractivity contribution < 1.29 is 9.59 Å². The number of likely N-dealkylation sites (tertiary alicyclic amines) is 1. The third-order valence-corrected chi connectivity index (χ3v) is 5.42. The van der Waals surface area contributed by atoms with Crippen molar-refractivity contribution in [2.75, 3.05) is 13.1 Å². The topological polar surface area (TPSA) is 65.2 Å². The number of carbonyl (C=O) groups excluding carboxylic acids is 2. The number of nitrogens with zero attached hydrogens (tertiary/aromatic N) is 1. The van der Waals surface area contributed by atoms with Crippen molar-refractivity contribution in [3.63, 3.8) is 0 Å². The Labute approximate surface area is 147 Å². The Balaban J connectivity index is 1.61. The number of carbonyl (C=O) groups is 2. The molecule has 0 unspecified atom stereocenters. The summed E-state index contributed by atoms with van der Waals surface area (Å²) in [5.41, 5.74) is 0.515. The van der Waals surface area contributed by atoms with E-state index in [0.717, 1.165) is 25.7 Å². The van der Waals surface area contributed by atoms with Gasteiger partial charge >= 0.3 is 0 Å². The maximum atomic E-state index is 12.7. The minimum Gasteiger partial charge on any atom is -0.353 e. The molecule has 1 aliphatic heterocycles. The SMILES string of the molecule is O=C(NC1CCCCC1)[C@@H]1CCCN(C(=O)c2ccc[nH]c2=S)C1. The van der Waals surface area contributed by atoms with E-state index < -0.39 is 0 Å². The van der Waals surface area contributed by atoms with Gasteiger partial charge in [0.05, 0.1) is 11.5 Å². The molecule has 130 valence electrons. The number of hydrogen-bond acceptors (Lipinski definition) is 3. The molecule has 1 saturated heterocycles. The molecular formula is C18H25N3O2S. The Morgan fingerprint density at radius 1 is 1.17 bits per heavy atom. The maximum absolute atomic E-state index is 12.7. The largest absolute Gasteiger partial charge is 0.353 e. The van der Waals surface area contributed by atoms with E-state index in [4.69, 9.17) is 12.2 Å². The zero-order valence-corrected chi connectivity index (χ0v) is 14.7. The minimum absolute atomic E-state index is 0.0768. The molecule has 1 aromatic rings. The number of pyridine rings is 1. The highest BCUT2D eigenvalue weighted by Crippen LogP contribution is 2.21. The quantitative estimate of drug-likeness (QED) is 0.826. The third kappa shape index (κ3) is 4.04. The molecule has 0 spiro atoms. The Kier molecular flexibility index (Phi) is 5.66. The minimum atomic E-state index is -0.106. The van der Waals surface area contributed by atoms with Crippen molar-refractivity contribution in [3.8, 4) is 0 Å². The highest BCUT2D eigenvalue weighted by atomic mass is 32.1. The number of rotatable bonds is 3. The summed E-state index contributed by atoms with van der Waals surface area (Å²) in [5.74, 6) is -0.0736. The number of nitrogens with one attached hydrogen (secondary N) is 2. The number of amides is 2. The summed E-state index contributed by atoms with van der Waals surface area (Å²) in [7, 11) is 0. The van der Waals surface area contributed by atoms with Crippen molar-refractivity contribution in [3.05, 3.63) is 28.5 Å². The smallest absolute Gasteiger partial charge is 0.256 e. The summed E-state index contributed by atoms with van der Waals surface area (Å²) in [6.45, 7) is 1.18. The molecule has 2 N–H and O–H groups in total. The van der Waals surface area contributed by atoms with Crippen LogP contribution in [-0.4, -0.2) is 40.8 Å². The van der Waals surface area contributed by atoms with Gasteiger partial charge in [-0.3, -0.25) is 9.59 Å². The van der Waals surface area contributed by atoms with Crippen LogP contribution in [0.15, 0.2) is 18.3 Å². The molecule has 0 aromatic carbocycles. The fourth-order valence-electron chi connectivity index (χ4n) is 3.70. The summed E-state index contributed by atoms with van der Waals surface area (Å²) in [6, 6.07) is 3.84. The highest BCUT2D eigenvalue weighted by molar-refractivity contribution is 7.71.